The van der Waals surface area contributed by atoms with Crippen LogP contribution >= 0.6 is 0 Å². The number of amides is 2. The van der Waals surface area contributed by atoms with Gasteiger partial charge in [-0.1, -0.05) is 69.6 Å². The van der Waals surface area contributed by atoms with Crippen molar-refractivity contribution in [1.82, 2.24) is 10.2 Å². The summed E-state index contributed by atoms with van der Waals surface area (Å²) in [6.07, 6.45) is 9.28. The van der Waals surface area contributed by atoms with E-state index in [0.717, 1.165) is 24.8 Å². The Morgan fingerprint density at radius 2 is 1.67 bits per heavy atom. The highest BCUT2D eigenvalue weighted by Crippen LogP contribution is 2.16. The minimum atomic E-state index is -0.821. The molecule has 1 fully saturated rings. The van der Waals surface area contributed by atoms with Gasteiger partial charge in [0.2, 0.25) is 5.91 Å². The minimum Gasteiger partial charge on any atom is -0.466 e. The van der Waals surface area contributed by atoms with Crippen LogP contribution in [0.3, 0.4) is 0 Å². The summed E-state index contributed by atoms with van der Waals surface area (Å²) in [5.41, 5.74) is 1.58. The molecule has 166 valence electrons. The fourth-order valence-corrected chi connectivity index (χ4v) is 3.66. The van der Waals surface area contributed by atoms with Crippen LogP contribution in [0.15, 0.2) is 24.3 Å². The Hall–Kier alpha value is -2.37. The van der Waals surface area contributed by atoms with Gasteiger partial charge in [0.1, 0.15) is 6.04 Å². The third-order valence-corrected chi connectivity index (χ3v) is 5.51. The van der Waals surface area contributed by atoms with Gasteiger partial charge < -0.3 is 15.0 Å². The van der Waals surface area contributed by atoms with Crippen molar-refractivity contribution in [3.63, 3.8) is 0 Å². The fraction of sp³-hybridized carbons (Fsp3) is 0.625. The predicted octanol–water partition coefficient (Wildman–Crippen LogP) is 4.01. The van der Waals surface area contributed by atoms with Gasteiger partial charge in [0, 0.05) is 18.7 Å². The molecule has 0 bridgehead atoms. The summed E-state index contributed by atoms with van der Waals surface area (Å²) in [5, 5.41) is 2.75. The van der Waals surface area contributed by atoms with Crippen molar-refractivity contribution in [2.75, 3.05) is 19.7 Å². The maximum Gasteiger partial charge on any atom is 0.308 e. The van der Waals surface area contributed by atoms with E-state index in [1.54, 1.807) is 12.1 Å². The summed E-state index contributed by atoms with van der Waals surface area (Å²) in [6.45, 7) is 5.31. The number of aryl methyl sites for hydroxylation is 1. The van der Waals surface area contributed by atoms with Crippen molar-refractivity contribution in [2.45, 2.75) is 77.7 Å². The van der Waals surface area contributed by atoms with Gasteiger partial charge in [0.25, 0.3) is 5.91 Å². The van der Waals surface area contributed by atoms with Crippen LogP contribution in [0.1, 0.15) is 80.6 Å². The molecule has 0 aromatic heterocycles. The quantitative estimate of drug-likeness (QED) is 0.413. The van der Waals surface area contributed by atoms with Crippen molar-refractivity contribution in [3.05, 3.63) is 35.4 Å². The number of ether oxygens (including phenoxy) is 1. The summed E-state index contributed by atoms with van der Waals surface area (Å²) in [7, 11) is 0. The first-order valence-corrected chi connectivity index (χ1v) is 11.3. The first-order chi connectivity index (χ1) is 14.5. The topological polar surface area (TPSA) is 75.7 Å². The molecule has 1 aliphatic heterocycles. The number of benzene rings is 1. The van der Waals surface area contributed by atoms with Crippen molar-refractivity contribution in [1.29, 1.82) is 0 Å². The Kier molecular flexibility index (Phi) is 10.4. The number of hydrogen-bond acceptors (Lipinski definition) is 4. The van der Waals surface area contributed by atoms with E-state index in [4.69, 9.17) is 4.74 Å². The van der Waals surface area contributed by atoms with Crippen molar-refractivity contribution in [3.8, 4) is 0 Å². The van der Waals surface area contributed by atoms with Gasteiger partial charge in [-0.05, 0) is 25.5 Å². The van der Waals surface area contributed by atoms with Gasteiger partial charge in [-0.2, -0.15) is 0 Å². The molecule has 1 N–H and O–H groups in total. The number of nitrogens with one attached hydrogen (secondary N) is 1. The van der Waals surface area contributed by atoms with Crippen LogP contribution in [0.2, 0.25) is 0 Å². The molecule has 2 amide bonds. The van der Waals surface area contributed by atoms with Crippen molar-refractivity contribution in [2.24, 2.45) is 0 Å². The molecule has 1 saturated heterocycles. The Balaban J connectivity index is 1.76. The molecular formula is C24H36N2O4. The maximum atomic E-state index is 12.9. The van der Waals surface area contributed by atoms with Crippen molar-refractivity contribution < 1.29 is 19.1 Å². The zero-order chi connectivity index (χ0) is 21.8. The fourth-order valence-electron chi connectivity index (χ4n) is 3.66. The highest BCUT2D eigenvalue weighted by Gasteiger charge is 2.35. The molecule has 1 heterocycles. The Bertz CT molecular complexity index is 687. The molecule has 6 heteroatoms. The second-order valence-corrected chi connectivity index (χ2v) is 8.07. The normalized spacial score (nSPS) is 16.3. The second-order valence-electron chi connectivity index (χ2n) is 8.07. The maximum absolute atomic E-state index is 12.9. The average molecular weight is 417 g/mol. The average Bonchev–Trinajstić information content (AvgIpc) is 2.74. The molecular weight excluding hydrogens is 380 g/mol. The number of carbonyl (C=O) groups excluding carboxylic acids is 3. The van der Waals surface area contributed by atoms with E-state index in [2.05, 4.69) is 12.2 Å². The number of carbonyl (C=O) groups is 3. The van der Waals surface area contributed by atoms with E-state index in [0.29, 0.717) is 25.3 Å². The number of unbranched alkanes of at least 4 members (excludes halogenated alkanes) is 7. The first kappa shape index (κ1) is 23.9. The molecule has 0 spiro atoms. The number of esters is 1. The molecule has 1 aliphatic rings. The largest absolute Gasteiger partial charge is 0.466 e. The second kappa shape index (κ2) is 13.0. The van der Waals surface area contributed by atoms with E-state index < -0.39 is 12.0 Å². The van der Waals surface area contributed by atoms with Crippen LogP contribution in [0, 0.1) is 6.92 Å². The van der Waals surface area contributed by atoms with Gasteiger partial charge in [-0.3, -0.25) is 14.4 Å². The lowest BCUT2D eigenvalue weighted by Gasteiger charge is -2.34. The third kappa shape index (κ3) is 7.81. The van der Waals surface area contributed by atoms with Gasteiger partial charge in [-0.15, -0.1) is 0 Å². The van der Waals surface area contributed by atoms with Gasteiger partial charge in [0.05, 0.1) is 13.0 Å². The predicted molar refractivity (Wildman–Crippen MR) is 117 cm³/mol. The van der Waals surface area contributed by atoms with Gasteiger partial charge >= 0.3 is 5.97 Å². The van der Waals surface area contributed by atoms with Gasteiger partial charge in [-0.25, -0.2) is 0 Å². The van der Waals surface area contributed by atoms with Crippen molar-refractivity contribution >= 4 is 17.8 Å². The highest BCUT2D eigenvalue weighted by atomic mass is 16.5. The number of rotatable bonds is 12. The SMILES string of the molecule is CCCCCCCCCCOC(=O)CC1C(=O)NCCN1C(=O)c1ccc(C)cc1. The molecule has 2 rings (SSSR count). The minimum absolute atomic E-state index is 0.111. The van der Waals surface area contributed by atoms with Crippen LogP contribution in [0.5, 0.6) is 0 Å². The molecule has 30 heavy (non-hydrogen) atoms. The van der Waals surface area contributed by atoms with E-state index in [1.807, 2.05) is 19.1 Å². The van der Waals surface area contributed by atoms with E-state index in [1.165, 1.54) is 37.0 Å². The van der Waals surface area contributed by atoms with Crippen LogP contribution in [-0.4, -0.2) is 48.4 Å². The van der Waals surface area contributed by atoms with Crippen LogP contribution in [0.25, 0.3) is 0 Å². The molecule has 1 aromatic carbocycles. The molecule has 0 radical (unpaired) electrons. The number of hydrogen-bond donors (Lipinski definition) is 1. The molecule has 0 aliphatic carbocycles. The van der Waals surface area contributed by atoms with Crippen LogP contribution in [0.4, 0.5) is 0 Å². The summed E-state index contributed by atoms with van der Waals surface area (Å²) in [4.78, 5) is 39.0. The lowest BCUT2D eigenvalue weighted by Crippen LogP contribution is -2.57. The summed E-state index contributed by atoms with van der Waals surface area (Å²) in [6, 6.07) is 6.41. The standard InChI is InChI=1S/C24H36N2O4/c1-3-4-5-6-7-8-9-10-17-30-22(27)18-21-23(28)25-15-16-26(21)24(29)20-13-11-19(2)12-14-20/h11-14,21H,3-10,15-18H2,1-2H3,(H,25,28). The number of nitrogens with zero attached hydrogens (tertiary/aromatic N) is 1. The zero-order valence-electron chi connectivity index (χ0n) is 18.5. The molecule has 1 atom stereocenters. The summed E-state index contributed by atoms with van der Waals surface area (Å²) < 4.78 is 5.33. The lowest BCUT2D eigenvalue weighted by molar-refractivity contribution is -0.147. The van der Waals surface area contributed by atoms with E-state index in [-0.39, 0.29) is 18.2 Å². The third-order valence-electron chi connectivity index (χ3n) is 5.51. The first-order valence-electron chi connectivity index (χ1n) is 11.3. The smallest absolute Gasteiger partial charge is 0.308 e. The molecule has 1 unspecified atom stereocenters. The Morgan fingerprint density at radius 3 is 2.33 bits per heavy atom. The zero-order valence-corrected chi connectivity index (χ0v) is 18.5. The molecule has 1 aromatic rings. The highest BCUT2D eigenvalue weighted by molar-refractivity contribution is 5.99. The van der Waals surface area contributed by atoms with Crippen LogP contribution in [-0.2, 0) is 14.3 Å². The lowest BCUT2D eigenvalue weighted by atomic mass is 10.1. The monoisotopic (exact) mass is 416 g/mol. The van der Waals surface area contributed by atoms with E-state index in [9.17, 15) is 14.4 Å². The van der Waals surface area contributed by atoms with Crippen LogP contribution < -0.4 is 5.32 Å². The van der Waals surface area contributed by atoms with Gasteiger partial charge in [0.15, 0.2) is 0 Å². The Labute approximate surface area is 180 Å². The number of piperazine rings is 1. The van der Waals surface area contributed by atoms with E-state index >= 15 is 0 Å². The molecule has 6 nitrogen and oxygen atoms in total. The Morgan fingerprint density at radius 1 is 1.03 bits per heavy atom. The summed E-state index contributed by atoms with van der Waals surface area (Å²) >= 11 is 0. The summed E-state index contributed by atoms with van der Waals surface area (Å²) in [5.74, 6) is -0.960. The molecule has 0 saturated carbocycles.